The number of anilines is 1. The van der Waals surface area contributed by atoms with E-state index in [4.69, 9.17) is 0 Å². The van der Waals surface area contributed by atoms with Crippen LogP contribution < -0.4 is 5.32 Å². The van der Waals surface area contributed by atoms with E-state index in [0.29, 0.717) is 16.7 Å². The summed E-state index contributed by atoms with van der Waals surface area (Å²) in [5, 5.41) is 3.01. The van der Waals surface area contributed by atoms with Crippen molar-refractivity contribution in [3.63, 3.8) is 0 Å². The molecule has 1 saturated carbocycles. The predicted octanol–water partition coefficient (Wildman–Crippen LogP) is 4.98. The fraction of sp³-hybridized carbons (Fsp3) is 0.588. The quantitative estimate of drug-likeness (QED) is 0.759. The van der Waals surface area contributed by atoms with Crippen molar-refractivity contribution in [2.45, 2.75) is 56.7 Å². The molecule has 1 aromatic rings. The standard InChI is InChI=1S/C17H22BrNO/c1-17(9-2-3-10-17)16(18)13-7-8-14-12(11-13)5-4-6-15(20)19-14/h7-8,11,16H,2-6,9-10H2,1H3,(H,19,20). The summed E-state index contributed by atoms with van der Waals surface area (Å²) in [7, 11) is 0. The smallest absolute Gasteiger partial charge is 0.224 e. The largest absolute Gasteiger partial charge is 0.326 e. The second-order valence-electron chi connectivity index (χ2n) is 6.54. The van der Waals surface area contributed by atoms with Gasteiger partial charge in [-0.25, -0.2) is 0 Å². The first kappa shape index (κ1) is 14.1. The first-order valence-electron chi connectivity index (χ1n) is 7.65. The summed E-state index contributed by atoms with van der Waals surface area (Å²) in [6.07, 6.45) is 7.89. The van der Waals surface area contributed by atoms with Gasteiger partial charge in [-0.1, -0.05) is 47.8 Å². The lowest BCUT2D eigenvalue weighted by Crippen LogP contribution is -2.18. The van der Waals surface area contributed by atoms with Crippen molar-refractivity contribution >= 4 is 27.5 Å². The van der Waals surface area contributed by atoms with Gasteiger partial charge in [0, 0.05) is 16.9 Å². The number of halogens is 1. The van der Waals surface area contributed by atoms with Crippen molar-refractivity contribution < 1.29 is 4.79 Å². The van der Waals surface area contributed by atoms with Gasteiger partial charge in [-0.2, -0.15) is 0 Å². The van der Waals surface area contributed by atoms with Gasteiger partial charge in [0.1, 0.15) is 0 Å². The molecule has 1 heterocycles. The Hall–Kier alpha value is -0.830. The van der Waals surface area contributed by atoms with E-state index in [-0.39, 0.29) is 5.91 Å². The van der Waals surface area contributed by atoms with Gasteiger partial charge in [0.05, 0.1) is 0 Å². The van der Waals surface area contributed by atoms with Gasteiger partial charge in [0.2, 0.25) is 5.91 Å². The van der Waals surface area contributed by atoms with Gasteiger partial charge in [-0.15, -0.1) is 0 Å². The lowest BCUT2D eigenvalue weighted by Gasteiger charge is -2.30. The van der Waals surface area contributed by atoms with Crippen LogP contribution in [-0.4, -0.2) is 5.91 Å². The molecule has 0 radical (unpaired) electrons. The molecule has 1 aliphatic carbocycles. The zero-order valence-electron chi connectivity index (χ0n) is 12.0. The molecule has 108 valence electrons. The van der Waals surface area contributed by atoms with E-state index in [1.165, 1.54) is 36.8 Å². The second kappa shape index (κ2) is 5.51. The topological polar surface area (TPSA) is 29.1 Å². The molecular weight excluding hydrogens is 314 g/mol. The van der Waals surface area contributed by atoms with Crippen LogP contribution in [0.4, 0.5) is 5.69 Å². The molecule has 1 N–H and O–H groups in total. The highest BCUT2D eigenvalue weighted by atomic mass is 79.9. The zero-order valence-corrected chi connectivity index (χ0v) is 13.6. The summed E-state index contributed by atoms with van der Waals surface area (Å²) >= 11 is 3.94. The Kier molecular flexibility index (Phi) is 3.89. The van der Waals surface area contributed by atoms with Crippen molar-refractivity contribution in [2.75, 3.05) is 5.32 Å². The van der Waals surface area contributed by atoms with Gasteiger partial charge in [-0.3, -0.25) is 4.79 Å². The van der Waals surface area contributed by atoms with Crippen LogP contribution in [0.3, 0.4) is 0 Å². The average molecular weight is 336 g/mol. The van der Waals surface area contributed by atoms with E-state index in [0.717, 1.165) is 18.5 Å². The number of hydrogen-bond donors (Lipinski definition) is 1. The van der Waals surface area contributed by atoms with Crippen LogP contribution in [0.5, 0.6) is 0 Å². The molecule has 20 heavy (non-hydrogen) atoms. The van der Waals surface area contributed by atoms with Crippen molar-refractivity contribution in [3.05, 3.63) is 29.3 Å². The minimum atomic E-state index is 0.148. The van der Waals surface area contributed by atoms with Crippen molar-refractivity contribution in [1.82, 2.24) is 0 Å². The number of fused-ring (bicyclic) bond motifs is 1. The number of amides is 1. The fourth-order valence-electron chi connectivity index (χ4n) is 3.59. The van der Waals surface area contributed by atoms with Crippen LogP contribution in [-0.2, 0) is 11.2 Å². The number of carbonyl (C=O) groups excluding carboxylic acids is 1. The van der Waals surface area contributed by atoms with Crippen molar-refractivity contribution in [2.24, 2.45) is 5.41 Å². The molecule has 0 spiro atoms. The summed E-state index contributed by atoms with van der Waals surface area (Å²) in [6.45, 7) is 2.40. The molecule has 1 aromatic carbocycles. The van der Waals surface area contributed by atoms with Crippen molar-refractivity contribution in [1.29, 1.82) is 0 Å². The van der Waals surface area contributed by atoms with Crippen molar-refractivity contribution in [3.8, 4) is 0 Å². The normalized spacial score (nSPS) is 22.8. The van der Waals surface area contributed by atoms with Crippen LogP contribution in [0.15, 0.2) is 18.2 Å². The van der Waals surface area contributed by atoms with Gasteiger partial charge in [0.25, 0.3) is 0 Å². The zero-order chi connectivity index (χ0) is 14.2. The maximum atomic E-state index is 11.6. The minimum Gasteiger partial charge on any atom is -0.326 e. The Labute approximate surface area is 129 Å². The van der Waals surface area contributed by atoms with Crippen LogP contribution in [0.25, 0.3) is 0 Å². The Morgan fingerprint density at radius 3 is 2.70 bits per heavy atom. The molecule has 2 aliphatic rings. The maximum Gasteiger partial charge on any atom is 0.224 e. The first-order chi connectivity index (χ1) is 9.58. The molecule has 0 saturated heterocycles. The van der Waals surface area contributed by atoms with E-state index in [1.807, 2.05) is 0 Å². The second-order valence-corrected chi connectivity index (χ2v) is 7.46. The molecule has 0 aromatic heterocycles. The monoisotopic (exact) mass is 335 g/mol. The maximum absolute atomic E-state index is 11.6. The number of benzene rings is 1. The third-order valence-electron chi connectivity index (χ3n) is 4.90. The van der Waals surface area contributed by atoms with Gasteiger partial charge in [-0.05, 0) is 48.3 Å². The molecular formula is C17H22BrNO. The SMILES string of the molecule is CC1(C(Br)c2ccc3c(c2)CCCC(=O)N3)CCCC1. The van der Waals surface area contributed by atoms with Crippen LogP contribution in [0, 0.1) is 5.41 Å². The average Bonchev–Trinajstić information content (AvgIpc) is 2.79. The molecule has 1 amide bonds. The lowest BCUT2D eigenvalue weighted by molar-refractivity contribution is -0.116. The summed E-state index contributed by atoms with van der Waals surface area (Å²) < 4.78 is 0. The van der Waals surface area contributed by atoms with Crippen LogP contribution in [0.2, 0.25) is 0 Å². The molecule has 1 atom stereocenters. The number of aryl methyl sites for hydroxylation is 1. The highest BCUT2D eigenvalue weighted by molar-refractivity contribution is 9.09. The lowest BCUT2D eigenvalue weighted by atomic mass is 9.81. The van der Waals surface area contributed by atoms with E-state index < -0.39 is 0 Å². The number of alkyl halides is 1. The van der Waals surface area contributed by atoms with E-state index in [2.05, 4.69) is 46.4 Å². The fourth-order valence-corrected chi connectivity index (χ4v) is 4.33. The molecule has 2 nitrogen and oxygen atoms in total. The van der Waals surface area contributed by atoms with Gasteiger partial charge >= 0.3 is 0 Å². The summed E-state index contributed by atoms with van der Waals surface area (Å²) in [4.78, 5) is 12.0. The van der Waals surface area contributed by atoms with Crippen LogP contribution >= 0.6 is 15.9 Å². The molecule has 3 heteroatoms. The Bertz CT molecular complexity index is 520. The highest BCUT2D eigenvalue weighted by Gasteiger charge is 2.36. The number of rotatable bonds is 2. The number of nitrogens with one attached hydrogen (secondary N) is 1. The third kappa shape index (κ3) is 2.65. The molecule has 1 aliphatic heterocycles. The van der Waals surface area contributed by atoms with Crippen LogP contribution in [0.1, 0.15) is 61.4 Å². The Balaban J connectivity index is 1.88. The molecule has 1 fully saturated rings. The van der Waals surface area contributed by atoms with E-state index in [9.17, 15) is 4.79 Å². The first-order valence-corrected chi connectivity index (χ1v) is 8.57. The molecule has 3 rings (SSSR count). The summed E-state index contributed by atoms with van der Waals surface area (Å²) in [5.74, 6) is 0.148. The molecule has 0 bridgehead atoms. The summed E-state index contributed by atoms with van der Waals surface area (Å²) in [6, 6.07) is 6.55. The predicted molar refractivity (Wildman–Crippen MR) is 86.3 cm³/mol. The highest BCUT2D eigenvalue weighted by Crippen LogP contribution is 2.51. The number of carbonyl (C=O) groups is 1. The van der Waals surface area contributed by atoms with Gasteiger partial charge < -0.3 is 5.32 Å². The minimum absolute atomic E-state index is 0.148. The Morgan fingerprint density at radius 2 is 1.95 bits per heavy atom. The summed E-state index contributed by atoms with van der Waals surface area (Å²) in [5.41, 5.74) is 4.04. The Morgan fingerprint density at radius 1 is 1.20 bits per heavy atom. The number of hydrogen-bond acceptors (Lipinski definition) is 1. The third-order valence-corrected chi connectivity index (χ3v) is 6.54. The van der Waals surface area contributed by atoms with E-state index in [1.54, 1.807) is 0 Å². The molecule has 1 unspecified atom stereocenters. The van der Waals surface area contributed by atoms with E-state index >= 15 is 0 Å². The van der Waals surface area contributed by atoms with Gasteiger partial charge in [0.15, 0.2) is 0 Å².